The summed E-state index contributed by atoms with van der Waals surface area (Å²) in [5.74, 6) is 0. The van der Waals surface area contributed by atoms with Gasteiger partial charge in [0.1, 0.15) is 11.4 Å². The molecule has 0 saturated heterocycles. The molecule has 26 heavy (non-hydrogen) atoms. The van der Waals surface area contributed by atoms with Crippen LogP contribution in [0.15, 0.2) is 72.8 Å². The molecule has 3 aromatic carbocycles. The van der Waals surface area contributed by atoms with E-state index in [-0.39, 0.29) is 11.4 Å². The van der Waals surface area contributed by atoms with E-state index in [2.05, 4.69) is 10.6 Å². The Morgan fingerprint density at radius 1 is 0.615 bits per heavy atom. The fraction of sp³-hybridized carbons (Fsp3) is 0. The topological polar surface area (TPSA) is 110 Å². The molecule has 0 atom stereocenters. The molecule has 2 N–H and O–H groups in total. The van der Waals surface area contributed by atoms with Gasteiger partial charge in [0.2, 0.25) is 0 Å². The zero-order chi connectivity index (χ0) is 18.5. The summed E-state index contributed by atoms with van der Waals surface area (Å²) >= 11 is 0. The Hall–Kier alpha value is -3.94. The zero-order valence-electron chi connectivity index (χ0n) is 13.5. The third-order valence-electron chi connectivity index (χ3n) is 3.62. The van der Waals surface area contributed by atoms with Crippen molar-refractivity contribution in [1.82, 2.24) is 0 Å². The van der Waals surface area contributed by atoms with Gasteiger partial charge in [0.25, 0.3) is 11.4 Å². The molecule has 3 aromatic rings. The molecule has 0 bridgehead atoms. The van der Waals surface area contributed by atoms with Crippen LogP contribution in [0, 0.1) is 20.2 Å². The van der Waals surface area contributed by atoms with Crippen LogP contribution < -0.4 is 10.6 Å². The number of anilines is 4. The molecule has 8 heteroatoms. The first-order valence-corrected chi connectivity index (χ1v) is 7.65. The number of benzene rings is 3. The standard InChI is InChI=1S/C18H14N4O4/c23-21(24)17-10-3-1-8-15(17)19-13-6-5-7-14(12-13)20-16-9-2-4-11-18(16)22(25)26/h1-12,19-20H. The molecule has 0 radical (unpaired) electrons. The van der Waals surface area contributed by atoms with E-state index in [4.69, 9.17) is 0 Å². The second-order valence-corrected chi connectivity index (χ2v) is 5.38. The van der Waals surface area contributed by atoms with Gasteiger partial charge in [0.05, 0.1) is 9.85 Å². The number of para-hydroxylation sites is 4. The number of hydrogen-bond donors (Lipinski definition) is 2. The number of nitrogens with zero attached hydrogens (tertiary/aromatic N) is 2. The minimum Gasteiger partial charge on any atom is -0.350 e. The molecule has 0 aromatic heterocycles. The predicted molar refractivity (Wildman–Crippen MR) is 99.2 cm³/mol. The van der Waals surface area contributed by atoms with Crippen molar-refractivity contribution in [2.24, 2.45) is 0 Å². The highest BCUT2D eigenvalue weighted by atomic mass is 16.6. The van der Waals surface area contributed by atoms with E-state index in [9.17, 15) is 20.2 Å². The minimum absolute atomic E-state index is 0.0374. The van der Waals surface area contributed by atoms with Crippen LogP contribution in [0.25, 0.3) is 0 Å². The lowest BCUT2D eigenvalue weighted by atomic mass is 10.2. The number of nitro benzene ring substituents is 2. The average Bonchev–Trinajstić information content (AvgIpc) is 2.62. The van der Waals surface area contributed by atoms with Crippen LogP contribution in [-0.2, 0) is 0 Å². The molecule has 0 heterocycles. The molecule has 0 aliphatic rings. The highest BCUT2D eigenvalue weighted by molar-refractivity contribution is 5.74. The summed E-state index contributed by atoms with van der Waals surface area (Å²) in [7, 11) is 0. The van der Waals surface area contributed by atoms with Crippen LogP contribution >= 0.6 is 0 Å². The molecule has 3 rings (SSSR count). The van der Waals surface area contributed by atoms with Crippen molar-refractivity contribution in [3.05, 3.63) is 93.0 Å². The largest absolute Gasteiger partial charge is 0.350 e. The fourth-order valence-electron chi connectivity index (χ4n) is 2.46. The maximum absolute atomic E-state index is 11.1. The number of nitrogens with one attached hydrogen (secondary N) is 2. The predicted octanol–water partition coefficient (Wildman–Crippen LogP) is 4.99. The van der Waals surface area contributed by atoms with E-state index in [1.165, 1.54) is 12.1 Å². The van der Waals surface area contributed by atoms with Gasteiger partial charge in [-0.1, -0.05) is 30.3 Å². The van der Waals surface area contributed by atoms with Crippen molar-refractivity contribution < 1.29 is 9.85 Å². The first kappa shape index (κ1) is 16.9. The summed E-state index contributed by atoms with van der Waals surface area (Å²) in [6.07, 6.45) is 0. The number of nitro groups is 2. The first-order valence-electron chi connectivity index (χ1n) is 7.65. The molecular weight excluding hydrogens is 336 g/mol. The van der Waals surface area contributed by atoms with Gasteiger partial charge in [-0.2, -0.15) is 0 Å². The monoisotopic (exact) mass is 350 g/mol. The minimum atomic E-state index is -0.461. The van der Waals surface area contributed by atoms with Gasteiger partial charge in [0, 0.05) is 23.5 Å². The Balaban J connectivity index is 1.86. The number of hydrogen-bond acceptors (Lipinski definition) is 6. The Morgan fingerprint density at radius 3 is 1.46 bits per heavy atom. The molecule has 0 fully saturated rings. The molecule has 0 saturated carbocycles. The molecule has 0 unspecified atom stereocenters. The van der Waals surface area contributed by atoms with Gasteiger partial charge in [-0.15, -0.1) is 0 Å². The Labute approximate surface area is 148 Å². The maximum Gasteiger partial charge on any atom is 0.292 e. The third kappa shape index (κ3) is 3.75. The Kier molecular flexibility index (Phi) is 4.75. The van der Waals surface area contributed by atoms with Crippen molar-refractivity contribution in [3.63, 3.8) is 0 Å². The summed E-state index contributed by atoms with van der Waals surface area (Å²) in [5.41, 5.74) is 1.88. The lowest BCUT2D eigenvalue weighted by molar-refractivity contribution is -0.384. The normalized spacial score (nSPS) is 10.2. The lowest BCUT2D eigenvalue weighted by Crippen LogP contribution is -1.99. The van der Waals surface area contributed by atoms with Crippen LogP contribution in [0.1, 0.15) is 0 Å². The van der Waals surface area contributed by atoms with E-state index >= 15 is 0 Å². The fourth-order valence-corrected chi connectivity index (χ4v) is 2.46. The quantitative estimate of drug-likeness (QED) is 0.478. The smallest absolute Gasteiger partial charge is 0.292 e. The van der Waals surface area contributed by atoms with E-state index in [1.807, 2.05) is 0 Å². The van der Waals surface area contributed by atoms with Gasteiger partial charge in [-0.05, 0) is 30.3 Å². The second kappa shape index (κ2) is 7.31. The maximum atomic E-state index is 11.1. The third-order valence-corrected chi connectivity index (χ3v) is 3.62. The second-order valence-electron chi connectivity index (χ2n) is 5.38. The van der Waals surface area contributed by atoms with E-state index in [0.29, 0.717) is 22.7 Å². The van der Waals surface area contributed by atoms with Gasteiger partial charge in [0.15, 0.2) is 0 Å². The van der Waals surface area contributed by atoms with E-state index < -0.39 is 9.85 Å². The van der Waals surface area contributed by atoms with Crippen LogP contribution in [0.2, 0.25) is 0 Å². The summed E-state index contributed by atoms with van der Waals surface area (Å²) in [6.45, 7) is 0. The van der Waals surface area contributed by atoms with Crippen LogP contribution in [0.3, 0.4) is 0 Å². The van der Waals surface area contributed by atoms with E-state index in [0.717, 1.165) is 0 Å². The summed E-state index contributed by atoms with van der Waals surface area (Å²) in [4.78, 5) is 21.3. The molecule has 0 aliphatic heterocycles. The van der Waals surface area contributed by atoms with Gasteiger partial charge < -0.3 is 10.6 Å². The van der Waals surface area contributed by atoms with Gasteiger partial charge >= 0.3 is 0 Å². The molecule has 130 valence electrons. The lowest BCUT2D eigenvalue weighted by Gasteiger charge is -2.11. The highest BCUT2D eigenvalue weighted by Gasteiger charge is 2.14. The Bertz CT molecular complexity index is 900. The number of rotatable bonds is 6. The zero-order valence-corrected chi connectivity index (χ0v) is 13.5. The average molecular weight is 350 g/mol. The van der Waals surface area contributed by atoms with Crippen molar-refractivity contribution >= 4 is 34.1 Å². The van der Waals surface area contributed by atoms with E-state index in [1.54, 1.807) is 60.7 Å². The molecule has 8 nitrogen and oxygen atoms in total. The summed E-state index contributed by atoms with van der Waals surface area (Å²) in [5, 5.41) is 28.2. The van der Waals surface area contributed by atoms with Crippen molar-refractivity contribution in [3.8, 4) is 0 Å². The Morgan fingerprint density at radius 2 is 1.04 bits per heavy atom. The highest BCUT2D eigenvalue weighted by Crippen LogP contribution is 2.30. The molecular formula is C18H14N4O4. The van der Waals surface area contributed by atoms with Gasteiger partial charge in [-0.3, -0.25) is 20.2 Å². The summed E-state index contributed by atoms with van der Waals surface area (Å²) < 4.78 is 0. The SMILES string of the molecule is O=[N+]([O-])c1ccccc1Nc1cccc(Nc2ccccc2[N+](=O)[O-])c1. The van der Waals surface area contributed by atoms with Crippen LogP contribution in [0.4, 0.5) is 34.1 Å². The van der Waals surface area contributed by atoms with Crippen molar-refractivity contribution in [1.29, 1.82) is 0 Å². The van der Waals surface area contributed by atoms with Crippen LogP contribution in [-0.4, -0.2) is 9.85 Å². The van der Waals surface area contributed by atoms with Crippen molar-refractivity contribution in [2.75, 3.05) is 10.6 Å². The first-order chi connectivity index (χ1) is 12.5. The van der Waals surface area contributed by atoms with Crippen LogP contribution in [0.5, 0.6) is 0 Å². The van der Waals surface area contributed by atoms with Gasteiger partial charge in [-0.25, -0.2) is 0 Å². The molecule has 0 aliphatic carbocycles. The molecule has 0 spiro atoms. The summed E-state index contributed by atoms with van der Waals surface area (Å²) in [6, 6.07) is 19.6. The van der Waals surface area contributed by atoms with Crippen molar-refractivity contribution in [2.45, 2.75) is 0 Å². The molecule has 0 amide bonds.